The van der Waals surface area contributed by atoms with Crippen LogP contribution in [-0.2, 0) is 6.42 Å². The lowest BCUT2D eigenvalue weighted by Gasteiger charge is -2.01. The molecule has 0 saturated carbocycles. The molecule has 0 aliphatic carbocycles. The Morgan fingerprint density at radius 1 is 0.824 bits per heavy atom. The molecular formula is C15H26O2. The third-order valence-electron chi connectivity index (χ3n) is 3.16. The van der Waals surface area contributed by atoms with Crippen molar-refractivity contribution in [1.29, 1.82) is 0 Å². The van der Waals surface area contributed by atoms with Gasteiger partial charge in [0.25, 0.3) is 0 Å². The number of hydrogen-bond acceptors (Lipinski definition) is 2. The van der Waals surface area contributed by atoms with E-state index in [9.17, 15) is 0 Å². The Balaban J connectivity index is 1.76. The predicted molar refractivity (Wildman–Crippen MR) is 71.1 cm³/mol. The lowest BCUT2D eigenvalue weighted by Crippen LogP contribution is -1.85. The quantitative estimate of drug-likeness (QED) is 0.582. The number of aliphatic hydroxyl groups excluding tert-OH is 1. The molecule has 0 unspecified atom stereocenters. The summed E-state index contributed by atoms with van der Waals surface area (Å²) in [5.41, 5.74) is 0. The average Bonchev–Trinajstić information content (AvgIpc) is 2.85. The molecule has 17 heavy (non-hydrogen) atoms. The van der Waals surface area contributed by atoms with Crippen LogP contribution in [0.2, 0.25) is 0 Å². The summed E-state index contributed by atoms with van der Waals surface area (Å²) < 4.78 is 5.30. The van der Waals surface area contributed by atoms with Crippen molar-refractivity contribution in [1.82, 2.24) is 0 Å². The molecule has 1 aromatic rings. The second-order valence-electron chi connectivity index (χ2n) is 4.73. The normalized spacial score (nSPS) is 10.9. The van der Waals surface area contributed by atoms with E-state index in [0.29, 0.717) is 6.61 Å². The largest absolute Gasteiger partial charge is 0.469 e. The molecule has 2 heteroatoms. The zero-order valence-electron chi connectivity index (χ0n) is 10.9. The molecule has 0 spiro atoms. The summed E-state index contributed by atoms with van der Waals surface area (Å²) in [6.45, 7) is 0.354. The first-order chi connectivity index (χ1) is 8.43. The third kappa shape index (κ3) is 8.03. The maximum absolute atomic E-state index is 8.64. The van der Waals surface area contributed by atoms with Gasteiger partial charge in [0.2, 0.25) is 0 Å². The predicted octanol–water partition coefficient (Wildman–Crippen LogP) is 4.33. The molecule has 1 heterocycles. The molecule has 0 amide bonds. The summed E-state index contributed by atoms with van der Waals surface area (Å²) >= 11 is 0. The van der Waals surface area contributed by atoms with Crippen LogP contribution in [0.4, 0.5) is 0 Å². The monoisotopic (exact) mass is 238 g/mol. The van der Waals surface area contributed by atoms with E-state index in [2.05, 4.69) is 6.07 Å². The van der Waals surface area contributed by atoms with E-state index in [-0.39, 0.29) is 0 Å². The molecule has 1 aromatic heterocycles. The Morgan fingerprint density at radius 3 is 1.94 bits per heavy atom. The van der Waals surface area contributed by atoms with E-state index >= 15 is 0 Å². The number of hydrogen-bond donors (Lipinski definition) is 1. The lowest BCUT2D eigenvalue weighted by molar-refractivity contribution is 0.282. The Morgan fingerprint density at radius 2 is 1.41 bits per heavy atom. The number of furan rings is 1. The fourth-order valence-electron chi connectivity index (χ4n) is 2.10. The fraction of sp³-hybridized carbons (Fsp3) is 0.733. The van der Waals surface area contributed by atoms with Crippen LogP contribution in [0, 0.1) is 0 Å². The van der Waals surface area contributed by atoms with E-state index in [1.54, 1.807) is 6.26 Å². The van der Waals surface area contributed by atoms with Crippen LogP contribution in [0.25, 0.3) is 0 Å². The smallest absolute Gasteiger partial charge is 0.103 e. The van der Waals surface area contributed by atoms with Gasteiger partial charge in [0, 0.05) is 13.0 Å². The Labute approximate surface area is 105 Å². The minimum atomic E-state index is 0.354. The highest BCUT2D eigenvalue weighted by Gasteiger charge is 1.96. The van der Waals surface area contributed by atoms with Crippen molar-refractivity contribution in [3.05, 3.63) is 24.2 Å². The van der Waals surface area contributed by atoms with Crippen molar-refractivity contribution in [3.63, 3.8) is 0 Å². The van der Waals surface area contributed by atoms with Crippen LogP contribution in [0.5, 0.6) is 0 Å². The van der Waals surface area contributed by atoms with Gasteiger partial charge in [-0.1, -0.05) is 44.9 Å². The van der Waals surface area contributed by atoms with Gasteiger partial charge in [0.05, 0.1) is 6.26 Å². The maximum atomic E-state index is 8.64. The Bertz CT molecular complexity index is 241. The van der Waals surface area contributed by atoms with Gasteiger partial charge >= 0.3 is 0 Å². The van der Waals surface area contributed by atoms with Crippen LogP contribution >= 0.6 is 0 Å². The number of aryl methyl sites for hydroxylation is 1. The molecule has 0 saturated heterocycles. The van der Waals surface area contributed by atoms with Crippen molar-refractivity contribution < 1.29 is 9.52 Å². The van der Waals surface area contributed by atoms with Gasteiger partial charge in [-0.2, -0.15) is 0 Å². The number of rotatable bonds is 11. The zero-order chi connectivity index (χ0) is 12.2. The van der Waals surface area contributed by atoms with Crippen LogP contribution < -0.4 is 0 Å². The number of aliphatic hydroxyl groups is 1. The Hall–Kier alpha value is -0.760. The van der Waals surface area contributed by atoms with Crippen molar-refractivity contribution in [2.75, 3.05) is 6.61 Å². The molecule has 0 bridgehead atoms. The standard InChI is InChI=1S/C15H26O2/c16-13-9-7-5-3-1-2-4-6-8-11-15-12-10-14-17-15/h10,12,14,16H,1-9,11,13H2. The molecule has 0 radical (unpaired) electrons. The van der Waals surface area contributed by atoms with Gasteiger partial charge in [-0.05, 0) is 25.0 Å². The van der Waals surface area contributed by atoms with Crippen molar-refractivity contribution in [2.45, 2.75) is 64.2 Å². The highest BCUT2D eigenvalue weighted by molar-refractivity contribution is 4.97. The Kier molecular flexibility index (Phi) is 8.75. The molecule has 2 nitrogen and oxygen atoms in total. The second-order valence-corrected chi connectivity index (χ2v) is 4.73. The van der Waals surface area contributed by atoms with Crippen LogP contribution in [-0.4, -0.2) is 11.7 Å². The summed E-state index contributed by atoms with van der Waals surface area (Å²) in [5, 5.41) is 8.64. The topological polar surface area (TPSA) is 33.4 Å². The molecule has 1 N–H and O–H groups in total. The first-order valence-electron chi connectivity index (χ1n) is 7.06. The molecule has 1 rings (SSSR count). The first-order valence-corrected chi connectivity index (χ1v) is 7.06. The third-order valence-corrected chi connectivity index (χ3v) is 3.16. The first kappa shape index (κ1) is 14.3. The minimum Gasteiger partial charge on any atom is -0.469 e. The summed E-state index contributed by atoms with van der Waals surface area (Å²) in [7, 11) is 0. The van der Waals surface area contributed by atoms with Crippen molar-refractivity contribution >= 4 is 0 Å². The molecule has 98 valence electrons. The summed E-state index contributed by atoms with van der Waals surface area (Å²) in [5.74, 6) is 1.12. The van der Waals surface area contributed by atoms with E-state index < -0.39 is 0 Å². The maximum Gasteiger partial charge on any atom is 0.103 e. The SMILES string of the molecule is OCCCCCCCCCCCc1ccco1. The van der Waals surface area contributed by atoms with E-state index in [1.807, 2.05) is 6.07 Å². The lowest BCUT2D eigenvalue weighted by atomic mass is 10.1. The minimum absolute atomic E-state index is 0.354. The zero-order valence-corrected chi connectivity index (χ0v) is 10.9. The summed E-state index contributed by atoms with van der Waals surface area (Å²) in [6, 6.07) is 4.02. The molecular weight excluding hydrogens is 212 g/mol. The van der Waals surface area contributed by atoms with Gasteiger partial charge in [0.1, 0.15) is 5.76 Å². The summed E-state index contributed by atoms with van der Waals surface area (Å²) in [4.78, 5) is 0. The highest BCUT2D eigenvalue weighted by Crippen LogP contribution is 2.11. The van der Waals surface area contributed by atoms with Crippen molar-refractivity contribution in [2.24, 2.45) is 0 Å². The molecule has 0 fully saturated rings. The van der Waals surface area contributed by atoms with Gasteiger partial charge in [-0.15, -0.1) is 0 Å². The van der Waals surface area contributed by atoms with Gasteiger partial charge < -0.3 is 9.52 Å². The molecule has 0 aliphatic rings. The fourth-order valence-corrected chi connectivity index (χ4v) is 2.10. The van der Waals surface area contributed by atoms with E-state index in [1.165, 1.54) is 51.4 Å². The number of unbranched alkanes of at least 4 members (excludes halogenated alkanes) is 8. The van der Waals surface area contributed by atoms with E-state index in [0.717, 1.165) is 18.6 Å². The highest BCUT2D eigenvalue weighted by atomic mass is 16.3. The van der Waals surface area contributed by atoms with Crippen LogP contribution in [0.1, 0.15) is 63.5 Å². The molecule has 0 aliphatic heterocycles. The molecule has 0 atom stereocenters. The summed E-state index contributed by atoms with van der Waals surface area (Å²) in [6.07, 6.45) is 14.2. The van der Waals surface area contributed by atoms with Crippen LogP contribution in [0.15, 0.2) is 22.8 Å². The van der Waals surface area contributed by atoms with Crippen LogP contribution in [0.3, 0.4) is 0 Å². The second kappa shape index (κ2) is 10.4. The average molecular weight is 238 g/mol. The van der Waals surface area contributed by atoms with Gasteiger partial charge in [0.15, 0.2) is 0 Å². The van der Waals surface area contributed by atoms with Gasteiger partial charge in [-0.3, -0.25) is 0 Å². The van der Waals surface area contributed by atoms with Gasteiger partial charge in [-0.25, -0.2) is 0 Å². The van der Waals surface area contributed by atoms with E-state index in [4.69, 9.17) is 9.52 Å². The molecule has 0 aromatic carbocycles. The van der Waals surface area contributed by atoms with Crippen molar-refractivity contribution in [3.8, 4) is 0 Å².